The minimum Gasteiger partial charge on any atom is -0.418 e. The highest BCUT2D eigenvalue weighted by atomic mass is 28.2. The summed E-state index contributed by atoms with van der Waals surface area (Å²) in [5.41, 5.74) is 1.51. The van der Waals surface area contributed by atoms with Gasteiger partial charge in [-0.3, -0.25) is 0 Å². The van der Waals surface area contributed by atoms with Gasteiger partial charge in [-0.1, -0.05) is 50.2 Å². The van der Waals surface area contributed by atoms with Gasteiger partial charge in [-0.2, -0.15) is 13.2 Å². The molecule has 1 nitrogen and oxygen atoms in total. The summed E-state index contributed by atoms with van der Waals surface area (Å²) in [7, 11) is 0.643. The van der Waals surface area contributed by atoms with Gasteiger partial charge in [0.05, 0.1) is 11.2 Å². The molecule has 0 spiro atoms. The first-order valence-corrected chi connectivity index (χ1v) is 8.51. The third-order valence-electron chi connectivity index (χ3n) is 4.47. The van der Waals surface area contributed by atoms with Crippen LogP contribution in [0.25, 0.3) is 11.1 Å². The molecule has 0 heterocycles. The van der Waals surface area contributed by atoms with Crippen molar-refractivity contribution in [2.45, 2.75) is 38.5 Å². The maximum absolute atomic E-state index is 12.8. The van der Waals surface area contributed by atoms with Crippen LogP contribution in [-0.2, 0) is 16.2 Å². The van der Waals surface area contributed by atoms with Crippen LogP contribution >= 0.6 is 0 Å². The van der Waals surface area contributed by atoms with Crippen molar-refractivity contribution in [3.8, 4) is 11.1 Å². The molecule has 2 rings (SSSR count). The van der Waals surface area contributed by atoms with Gasteiger partial charge in [0.2, 0.25) is 0 Å². The van der Waals surface area contributed by atoms with Crippen LogP contribution in [0, 0.1) is 0 Å². The van der Waals surface area contributed by atoms with E-state index in [2.05, 4.69) is 13.8 Å². The molecule has 0 amide bonds. The van der Waals surface area contributed by atoms with Crippen molar-refractivity contribution in [1.29, 1.82) is 0 Å². The van der Waals surface area contributed by atoms with Crippen LogP contribution in [0.2, 0.25) is 0 Å². The topological polar surface area (TPSA) is 9.23 Å². The second kappa shape index (κ2) is 6.89. The molecule has 0 unspecified atom stereocenters. The van der Waals surface area contributed by atoms with Gasteiger partial charge < -0.3 is 4.43 Å². The number of alkyl halides is 3. The van der Waals surface area contributed by atoms with Gasteiger partial charge in [-0.15, -0.1) is 0 Å². The molecular weight excluding hydrogens is 317 g/mol. The highest BCUT2D eigenvalue weighted by Gasteiger charge is 2.30. The van der Waals surface area contributed by atoms with Crippen LogP contribution in [0.15, 0.2) is 48.5 Å². The Morgan fingerprint density at radius 2 is 1.48 bits per heavy atom. The molecule has 0 fully saturated rings. The van der Waals surface area contributed by atoms with Crippen LogP contribution in [0.5, 0.6) is 0 Å². The van der Waals surface area contributed by atoms with Crippen LogP contribution in [0.4, 0.5) is 13.2 Å². The number of halogens is 3. The molecule has 0 aromatic heterocycles. The fraction of sp³-hybridized carbons (Fsp3) is 0.333. The standard InChI is InChI=1S/C18H21F3OSi/c1-3-17(4-2,22-23)15-10-8-13(9-11-15)14-6-5-7-16(12-14)18(19,20)21/h5-12H,3-4H2,1-2,23H3. The van der Waals surface area contributed by atoms with Crippen molar-refractivity contribution in [2.24, 2.45) is 0 Å². The molecule has 0 saturated heterocycles. The molecule has 0 saturated carbocycles. The summed E-state index contributed by atoms with van der Waals surface area (Å²) >= 11 is 0. The van der Waals surface area contributed by atoms with Crippen molar-refractivity contribution in [1.82, 2.24) is 0 Å². The molecule has 0 aliphatic carbocycles. The first kappa shape index (κ1) is 17.8. The van der Waals surface area contributed by atoms with Crippen molar-refractivity contribution in [2.75, 3.05) is 0 Å². The van der Waals surface area contributed by atoms with E-state index in [1.807, 2.05) is 24.3 Å². The molecule has 0 N–H and O–H groups in total. The Balaban J connectivity index is 2.37. The SMILES string of the molecule is CCC(CC)(O[SiH3])c1ccc(-c2cccc(C(F)(F)F)c2)cc1. The predicted molar refractivity (Wildman–Crippen MR) is 90.2 cm³/mol. The Labute approximate surface area is 138 Å². The first-order chi connectivity index (χ1) is 10.9. The van der Waals surface area contributed by atoms with Crippen LogP contribution in [-0.4, -0.2) is 10.5 Å². The minimum absolute atomic E-state index is 0.279. The van der Waals surface area contributed by atoms with Crippen LogP contribution in [0.3, 0.4) is 0 Å². The van der Waals surface area contributed by atoms with Gasteiger partial charge in [-0.05, 0) is 41.7 Å². The Morgan fingerprint density at radius 1 is 0.870 bits per heavy atom. The molecule has 0 radical (unpaired) electrons. The zero-order valence-corrected chi connectivity index (χ0v) is 15.6. The van der Waals surface area contributed by atoms with E-state index in [0.29, 0.717) is 16.0 Å². The van der Waals surface area contributed by atoms with E-state index >= 15 is 0 Å². The van der Waals surface area contributed by atoms with Gasteiger partial charge >= 0.3 is 6.18 Å². The van der Waals surface area contributed by atoms with Gasteiger partial charge in [0, 0.05) is 0 Å². The van der Waals surface area contributed by atoms with Crippen LogP contribution in [0.1, 0.15) is 37.8 Å². The second-order valence-corrected chi connectivity index (χ2v) is 5.97. The molecule has 23 heavy (non-hydrogen) atoms. The van der Waals surface area contributed by atoms with E-state index < -0.39 is 11.7 Å². The zero-order chi connectivity index (χ0) is 17.1. The fourth-order valence-corrected chi connectivity index (χ4v) is 3.72. The molecule has 0 aliphatic rings. The summed E-state index contributed by atoms with van der Waals surface area (Å²) < 4.78 is 44.3. The van der Waals surface area contributed by atoms with Gasteiger partial charge in [0.1, 0.15) is 10.5 Å². The number of hydrogen-bond acceptors (Lipinski definition) is 1. The van der Waals surface area contributed by atoms with Crippen molar-refractivity contribution in [3.63, 3.8) is 0 Å². The summed E-state index contributed by atoms with van der Waals surface area (Å²) in [6, 6.07) is 13.1. The first-order valence-electron chi connectivity index (χ1n) is 7.69. The third-order valence-corrected chi connectivity index (χ3v) is 5.25. The zero-order valence-electron chi connectivity index (χ0n) is 13.6. The van der Waals surface area contributed by atoms with Crippen LogP contribution < -0.4 is 0 Å². The van der Waals surface area contributed by atoms with Crippen molar-refractivity contribution in [3.05, 3.63) is 59.7 Å². The van der Waals surface area contributed by atoms with E-state index in [0.717, 1.165) is 30.0 Å². The van der Waals surface area contributed by atoms with E-state index in [9.17, 15) is 13.2 Å². The molecular formula is C18H21F3OSi. The lowest BCUT2D eigenvalue weighted by atomic mass is 9.87. The maximum Gasteiger partial charge on any atom is 0.416 e. The smallest absolute Gasteiger partial charge is 0.416 e. The second-order valence-electron chi connectivity index (χ2n) is 5.56. The fourth-order valence-electron chi connectivity index (χ4n) is 2.91. The lowest BCUT2D eigenvalue weighted by Crippen LogP contribution is -2.27. The Morgan fingerprint density at radius 3 is 1.96 bits per heavy atom. The Hall–Kier alpha value is -1.59. The lowest BCUT2D eigenvalue weighted by Gasteiger charge is -2.31. The summed E-state index contributed by atoms with van der Waals surface area (Å²) in [6.45, 7) is 4.17. The summed E-state index contributed by atoms with van der Waals surface area (Å²) in [4.78, 5) is 0. The average Bonchev–Trinajstić information content (AvgIpc) is 2.57. The van der Waals surface area contributed by atoms with E-state index in [1.165, 1.54) is 12.1 Å². The molecule has 2 aromatic rings. The van der Waals surface area contributed by atoms with E-state index in [-0.39, 0.29) is 5.60 Å². The molecule has 0 bridgehead atoms. The number of rotatable bonds is 5. The summed E-state index contributed by atoms with van der Waals surface area (Å²) in [5, 5.41) is 0. The van der Waals surface area contributed by atoms with Crippen molar-refractivity contribution < 1.29 is 17.6 Å². The largest absolute Gasteiger partial charge is 0.418 e. The quantitative estimate of drug-likeness (QED) is 0.719. The Bertz CT molecular complexity index is 638. The minimum atomic E-state index is -4.32. The van der Waals surface area contributed by atoms with Gasteiger partial charge in [0.25, 0.3) is 0 Å². The Kier molecular flexibility index (Phi) is 5.32. The average molecular weight is 338 g/mol. The van der Waals surface area contributed by atoms with E-state index in [4.69, 9.17) is 4.43 Å². The van der Waals surface area contributed by atoms with E-state index in [1.54, 1.807) is 6.07 Å². The monoisotopic (exact) mass is 338 g/mol. The summed E-state index contributed by atoms with van der Waals surface area (Å²) in [6.07, 6.45) is -2.58. The molecule has 0 aliphatic heterocycles. The van der Waals surface area contributed by atoms with Gasteiger partial charge in [0.15, 0.2) is 0 Å². The maximum atomic E-state index is 12.8. The number of hydrogen-bond donors (Lipinski definition) is 0. The lowest BCUT2D eigenvalue weighted by molar-refractivity contribution is -0.137. The third kappa shape index (κ3) is 3.67. The normalized spacial score (nSPS) is 12.6. The molecule has 124 valence electrons. The predicted octanol–water partition coefficient (Wildman–Crippen LogP) is 4.68. The molecule has 5 heteroatoms. The van der Waals surface area contributed by atoms with Gasteiger partial charge in [-0.25, -0.2) is 0 Å². The highest BCUT2D eigenvalue weighted by molar-refractivity contribution is 5.98. The number of benzene rings is 2. The summed E-state index contributed by atoms with van der Waals surface area (Å²) in [5.74, 6) is 0. The molecule has 2 aromatic carbocycles. The van der Waals surface area contributed by atoms with Crippen molar-refractivity contribution >= 4 is 10.5 Å². The molecule has 0 atom stereocenters. The highest BCUT2D eigenvalue weighted by Crippen LogP contribution is 2.35.